The van der Waals surface area contributed by atoms with Crippen LogP contribution in [0.4, 0.5) is 0 Å². The van der Waals surface area contributed by atoms with Gasteiger partial charge in [0.2, 0.25) is 5.91 Å². The summed E-state index contributed by atoms with van der Waals surface area (Å²) < 4.78 is 0. The van der Waals surface area contributed by atoms with Crippen LogP contribution >= 0.6 is 0 Å². The molecule has 2 heterocycles. The Labute approximate surface area is 90.6 Å². The molecule has 0 saturated carbocycles. The number of aliphatic hydroxyl groups is 1. The van der Waals surface area contributed by atoms with E-state index in [1.54, 1.807) is 6.92 Å². The van der Waals surface area contributed by atoms with Crippen molar-refractivity contribution in [3.05, 3.63) is 0 Å². The van der Waals surface area contributed by atoms with Crippen LogP contribution in [0.2, 0.25) is 0 Å². The van der Waals surface area contributed by atoms with Crippen LogP contribution in [0.25, 0.3) is 0 Å². The highest BCUT2D eigenvalue weighted by molar-refractivity contribution is 5.80. The third-order valence-corrected chi connectivity index (χ3v) is 3.52. The average Bonchev–Trinajstić information content (AvgIpc) is 2.15. The number of carbonyl (C=O) groups is 1. The van der Waals surface area contributed by atoms with Gasteiger partial charge in [-0.2, -0.15) is 0 Å². The molecule has 0 spiro atoms. The summed E-state index contributed by atoms with van der Waals surface area (Å²) in [7, 11) is 0. The van der Waals surface area contributed by atoms with E-state index >= 15 is 0 Å². The first-order valence-corrected chi connectivity index (χ1v) is 5.89. The van der Waals surface area contributed by atoms with Crippen molar-refractivity contribution >= 4 is 5.91 Å². The number of aliphatic hydroxyl groups excluding tert-OH is 1. The number of amides is 1. The average molecular weight is 212 g/mol. The Kier molecular flexibility index (Phi) is 3.26. The van der Waals surface area contributed by atoms with E-state index in [2.05, 4.69) is 5.32 Å². The summed E-state index contributed by atoms with van der Waals surface area (Å²) in [5, 5.41) is 12.8. The molecular weight excluding hydrogens is 192 g/mol. The van der Waals surface area contributed by atoms with Gasteiger partial charge in [-0.1, -0.05) is 0 Å². The van der Waals surface area contributed by atoms with Crippen LogP contribution in [0.1, 0.15) is 26.2 Å². The minimum absolute atomic E-state index is 0.0480. The second-order valence-electron chi connectivity index (χ2n) is 4.69. The van der Waals surface area contributed by atoms with Crippen molar-refractivity contribution in [2.24, 2.45) is 5.92 Å². The highest BCUT2D eigenvalue weighted by Crippen LogP contribution is 2.22. The van der Waals surface area contributed by atoms with Crippen molar-refractivity contribution in [1.29, 1.82) is 0 Å². The van der Waals surface area contributed by atoms with Gasteiger partial charge in [-0.15, -0.1) is 0 Å². The molecule has 0 bridgehead atoms. The lowest BCUT2D eigenvalue weighted by atomic mass is 9.94. The van der Waals surface area contributed by atoms with Gasteiger partial charge < -0.3 is 15.3 Å². The van der Waals surface area contributed by atoms with Crippen LogP contribution in [-0.2, 0) is 4.79 Å². The predicted octanol–water partition coefficient (Wildman–Crippen LogP) is -0.0323. The molecule has 0 radical (unpaired) electrons. The summed E-state index contributed by atoms with van der Waals surface area (Å²) in [5.41, 5.74) is 0. The fraction of sp³-hybridized carbons (Fsp3) is 0.909. The topological polar surface area (TPSA) is 52.6 Å². The van der Waals surface area contributed by atoms with E-state index in [9.17, 15) is 9.90 Å². The zero-order chi connectivity index (χ0) is 10.8. The molecule has 4 heteroatoms. The zero-order valence-electron chi connectivity index (χ0n) is 9.28. The molecule has 2 N–H and O–H groups in total. The number of hydrogen-bond donors (Lipinski definition) is 2. The molecular formula is C11H20N2O2. The van der Waals surface area contributed by atoms with Crippen LogP contribution in [0.5, 0.6) is 0 Å². The molecule has 15 heavy (non-hydrogen) atoms. The Morgan fingerprint density at radius 2 is 2.20 bits per heavy atom. The van der Waals surface area contributed by atoms with Gasteiger partial charge in [0.25, 0.3) is 0 Å². The van der Waals surface area contributed by atoms with Crippen molar-refractivity contribution < 1.29 is 9.90 Å². The lowest BCUT2D eigenvalue weighted by molar-refractivity contribution is -0.143. The molecule has 0 aliphatic carbocycles. The second kappa shape index (κ2) is 4.49. The summed E-state index contributed by atoms with van der Waals surface area (Å²) in [6, 6.07) is 0.0480. The SMILES string of the molecule is C[C@H](O)[C@H]1CCCCN1C(=O)C1CNC1. The second-order valence-corrected chi connectivity index (χ2v) is 4.69. The largest absolute Gasteiger partial charge is 0.391 e. The molecule has 2 atom stereocenters. The van der Waals surface area contributed by atoms with Crippen LogP contribution in [0.3, 0.4) is 0 Å². The monoisotopic (exact) mass is 212 g/mol. The van der Waals surface area contributed by atoms with Crippen molar-refractivity contribution in [2.75, 3.05) is 19.6 Å². The van der Waals surface area contributed by atoms with Crippen molar-refractivity contribution in [3.8, 4) is 0 Å². The first kappa shape index (κ1) is 10.9. The molecule has 0 aromatic carbocycles. The standard InChI is InChI=1S/C11H20N2O2/c1-8(14)10-4-2-3-5-13(10)11(15)9-6-12-7-9/h8-10,12,14H,2-7H2,1H3/t8-,10+/m0/s1. The quantitative estimate of drug-likeness (QED) is 0.676. The third-order valence-electron chi connectivity index (χ3n) is 3.52. The maximum absolute atomic E-state index is 12.1. The van der Waals surface area contributed by atoms with E-state index < -0.39 is 6.10 Å². The van der Waals surface area contributed by atoms with Crippen molar-refractivity contribution in [3.63, 3.8) is 0 Å². The molecule has 2 fully saturated rings. The summed E-state index contributed by atoms with van der Waals surface area (Å²) in [6.45, 7) is 4.23. The van der Waals surface area contributed by atoms with E-state index in [0.29, 0.717) is 0 Å². The molecule has 2 aliphatic rings. The van der Waals surface area contributed by atoms with Gasteiger partial charge >= 0.3 is 0 Å². The van der Waals surface area contributed by atoms with Gasteiger partial charge in [0, 0.05) is 19.6 Å². The van der Waals surface area contributed by atoms with Gasteiger partial charge in [-0.05, 0) is 26.2 Å². The molecule has 0 aromatic heterocycles. The fourth-order valence-electron chi connectivity index (χ4n) is 2.43. The van der Waals surface area contributed by atoms with E-state index in [-0.39, 0.29) is 17.9 Å². The predicted molar refractivity (Wildman–Crippen MR) is 57.4 cm³/mol. The van der Waals surface area contributed by atoms with Crippen LogP contribution in [0.15, 0.2) is 0 Å². The van der Waals surface area contributed by atoms with Crippen LogP contribution in [0, 0.1) is 5.92 Å². The number of hydrogen-bond acceptors (Lipinski definition) is 3. The minimum atomic E-state index is -0.401. The lowest BCUT2D eigenvalue weighted by Crippen LogP contribution is -2.57. The number of nitrogens with zero attached hydrogens (tertiary/aromatic N) is 1. The van der Waals surface area contributed by atoms with E-state index in [1.165, 1.54) is 0 Å². The molecule has 2 rings (SSSR count). The summed E-state index contributed by atoms with van der Waals surface area (Å²) in [6.07, 6.45) is 2.75. The highest BCUT2D eigenvalue weighted by atomic mass is 16.3. The van der Waals surface area contributed by atoms with E-state index in [4.69, 9.17) is 0 Å². The Morgan fingerprint density at radius 1 is 1.47 bits per heavy atom. The zero-order valence-corrected chi connectivity index (χ0v) is 9.28. The molecule has 1 amide bonds. The highest BCUT2D eigenvalue weighted by Gasteiger charge is 2.35. The third kappa shape index (κ3) is 2.16. The number of carbonyl (C=O) groups excluding carboxylic acids is 1. The molecule has 2 saturated heterocycles. The van der Waals surface area contributed by atoms with E-state index in [0.717, 1.165) is 38.9 Å². The number of likely N-dealkylation sites (tertiary alicyclic amines) is 1. The van der Waals surface area contributed by atoms with Crippen LogP contribution in [-0.4, -0.2) is 47.7 Å². The van der Waals surface area contributed by atoms with Gasteiger partial charge in [0.05, 0.1) is 18.1 Å². The smallest absolute Gasteiger partial charge is 0.228 e. The summed E-state index contributed by atoms with van der Waals surface area (Å²) in [5.74, 6) is 0.392. The number of rotatable bonds is 2. The first-order chi connectivity index (χ1) is 7.20. The maximum Gasteiger partial charge on any atom is 0.228 e. The molecule has 86 valence electrons. The number of nitrogens with one attached hydrogen (secondary N) is 1. The Bertz CT molecular complexity index is 239. The normalized spacial score (nSPS) is 29.7. The first-order valence-electron chi connectivity index (χ1n) is 5.89. The summed E-state index contributed by atoms with van der Waals surface area (Å²) >= 11 is 0. The number of piperidine rings is 1. The molecule has 4 nitrogen and oxygen atoms in total. The van der Waals surface area contributed by atoms with Gasteiger partial charge in [-0.25, -0.2) is 0 Å². The fourth-order valence-corrected chi connectivity index (χ4v) is 2.43. The van der Waals surface area contributed by atoms with Gasteiger partial charge in [0.15, 0.2) is 0 Å². The van der Waals surface area contributed by atoms with Gasteiger partial charge in [0.1, 0.15) is 0 Å². The Hall–Kier alpha value is -0.610. The molecule has 0 aromatic rings. The molecule has 2 aliphatic heterocycles. The van der Waals surface area contributed by atoms with Crippen molar-refractivity contribution in [2.45, 2.75) is 38.3 Å². The minimum Gasteiger partial charge on any atom is -0.391 e. The lowest BCUT2D eigenvalue weighted by Gasteiger charge is -2.41. The van der Waals surface area contributed by atoms with Gasteiger partial charge in [-0.3, -0.25) is 4.79 Å². The maximum atomic E-state index is 12.1. The molecule has 0 unspecified atom stereocenters. The van der Waals surface area contributed by atoms with E-state index in [1.807, 2.05) is 4.90 Å². The van der Waals surface area contributed by atoms with Crippen molar-refractivity contribution in [1.82, 2.24) is 10.2 Å². The summed E-state index contributed by atoms with van der Waals surface area (Å²) in [4.78, 5) is 14.0. The Morgan fingerprint density at radius 3 is 2.73 bits per heavy atom. The Balaban J connectivity index is 1.99. The van der Waals surface area contributed by atoms with Crippen LogP contribution < -0.4 is 5.32 Å².